The van der Waals surface area contributed by atoms with Crippen LogP contribution in [0.1, 0.15) is 29.2 Å². The molecular formula is C17H17N3O6. The molecule has 0 aliphatic rings. The number of carbonyl (C=O) groups is 2. The zero-order valence-electron chi connectivity index (χ0n) is 14.1. The molecule has 0 bridgehead atoms. The number of nitro groups is 1. The number of rotatable bonds is 8. The third-order valence-corrected chi connectivity index (χ3v) is 3.40. The first-order chi connectivity index (χ1) is 12.5. The zero-order chi connectivity index (χ0) is 19.1. The summed E-state index contributed by atoms with van der Waals surface area (Å²) in [7, 11) is 1.20. The van der Waals surface area contributed by atoms with Crippen LogP contribution in [-0.4, -0.2) is 28.9 Å². The van der Waals surface area contributed by atoms with E-state index in [2.05, 4.69) is 21.6 Å². The molecule has 2 rings (SSSR count). The molecule has 0 saturated heterocycles. The lowest BCUT2D eigenvalue weighted by Crippen LogP contribution is -2.22. The number of oxazole rings is 1. The van der Waals surface area contributed by atoms with Crippen molar-refractivity contribution in [3.05, 3.63) is 58.6 Å². The van der Waals surface area contributed by atoms with E-state index >= 15 is 0 Å². The Balaban J connectivity index is 2.25. The Hall–Kier alpha value is -3.49. The van der Waals surface area contributed by atoms with Crippen molar-refractivity contribution in [1.29, 1.82) is 0 Å². The number of nitro benzene ring substituents is 1. The molecule has 9 heteroatoms. The summed E-state index contributed by atoms with van der Waals surface area (Å²) < 4.78 is 10.2. The third kappa shape index (κ3) is 4.53. The van der Waals surface area contributed by atoms with E-state index in [0.717, 1.165) is 0 Å². The van der Waals surface area contributed by atoms with Crippen LogP contribution >= 0.6 is 0 Å². The molecule has 136 valence electrons. The van der Waals surface area contributed by atoms with Crippen molar-refractivity contribution in [2.45, 2.75) is 19.4 Å². The van der Waals surface area contributed by atoms with Gasteiger partial charge in [-0.15, -0.1) is 6.58 Å². The van der Waals surface area contributed by atoms with E-state index in [9.17, 15) is 19.7 Å². The van der Waals surface area contributed by atoms with Gasteiger partial charge in [0.05, 0.1) is 18.6 Å². The van der Waals surface area contributed by atoms with Crippen LogP contribution in [0.25, 0.3) is 11.3 Å². The van der Waals surface area contributed by atoms with Crippen molar-refractivity contribution in [3.63, 3.8) is 0 Å². The fourth-order valence-corrected chi connectivity index (χ4v) is 2.10. The van der Waals surface area contributed by atoms with Gasteiger partial charge in [-0.3, -0.25) is 14.9 Å². The molecule has 1 N–H and O–H groups in total. The number of hydrogen-bond acceptors (Lipinski definition) is 7. The van der Waals surface area contributed by atoms with Crippen molar-refractivity contribution in [2.24, 2.45) is 0 Å². The van der Waals surface area contributed by atoms with Crippen LogP contribution in [0, 0.1) is 10.1 Å². The van der Waals surface area contributed by atoms with Crippen molar-refractivity contribution in [2.75, 3.05) is 7.11 Å². The lowest BCUT2D eigenvalue weighted by molar-refractivity contribution is -0.384. The monoisotopic (exact) mass is 359 g/mol. The maximum absolute atomic E-state index is 11.9. The number of aromatic nitrogens is 1. The van der Waals surface area contributed by atoms with Gasteiger partial charge in [0.2, 0.25) is 11.8 Å². The second-order valence-electron chi connectivity index (χ2n) is 5.18. The Morgan fingerprint density at radius 2 is 2.08 bits per heavy atom. The van der Waals surface area contributed by atoms with E-state index in [4.69, 9.17) is 4.42 Å². The highest BCUT2D eigenvalue weighted by Crippen LogP contribution is 2.27. The molecule has 0 radical (unpaired) electrons. The predicted octanol–water partition coefficient (Wildman–Crippen LogP) is 2.62. The fourth-order valence-electron chi connectivity index (χ4n) is 2.10. The first kappa shape index (κ1) is 18.8. The molecule has 0 aliphatic heterocycles. The van der Waals surface area contributed by atoms with Crippen LogP contribution in [0.5, 0.6) is 0 Å². The molecule has 1 heterocycles. The van der Waals surface area contributed by atoms with Gasteiger partial charge in [-0.1, -0.05) is 6.08 Å². The molecule has 0 saturated carbocycles. The Labute approximate surface area is 148 Å². The number of amides is 1. The first-order valence-corrected chi connectivity index (χ1v) is 7.66. The first-order valence-electron chi connectivity index (χ1n) is 7.66. The molecule has 0 fully saturated rings. The number of allylic oxidation sites excluding steroid dienone is 1. The summed E-state index contributed by atoms with van der Waals surface area (Å²) in [5, 5.41) is 13.4. The zero-order valence-corrected chi connectivity index (χ0v) is 14.1. The van der Waals surface area contributed by atoms with Crippen LogP contribution < -0.4 is 5.32 Å². The maximum Gasteiger partial charge on any atom is 0.360 e. The van der Waals surface area contributed by atoms with Crippen molar-refractivity contribution in [3.8, 4) is 11.3 Å². The standard InChI is InChI=1S/C17H17N3O6/c1-3-4-5-13(21)18-10-14-19-15(17(22)25-2)16(26-14)11-6-8-12(9-7-11)20(23)24/h3,6-9H,1,4-5,10H2,2H3,(H,18,21). The van der Waals surface area contributed by atoms with Crippen molar-refractivity contribution >= 4 is 17.6 Å². The highest BCUT2D eigenvalue weighted by Gasteiger charge is 2.22. The number of esters is 1. The highest BCUT2D eigenvalue weighted by atomic mass is 16.6. The molecule has 1 amide bonds. The van der Waals surface area contributed by atoms with Gasteiger partial charge in [0.1, 0.15) is 0 Å². The minimum atomic E-state index is -0.716. The van der Waals surface area contributed by atoms with Crippen LogP contribution in [0.2, 0.25) is 0 Å². The number of non-ortho nitro benzene ring substituents is 1. The average molecular weight is 359 g/mol. The Morgan fingerprint density at radius 1 is 1.38 bits per heavy atom. The Bertz CT molecular complexity index is 826. The largest absolute Gasteiger partial charge is 0.464 e. The van der Waals surface area contributed by atoms with E-state index in [1.165, 1.54) is 31.4 Å². The molecular weight excluding hydrogens is 342 g/mol. The van der Waals surface area contributed by atoms with E-state index in [1.807, 2.05) is 0 Å². The van der Waals surface area contributed by atoms with Gasteiger partial charge < -0.3 is 14.5 Å². The number of ether oxygens (including phenoxy) is 1. The normalized spacial score (nSPS) is 10.2. The lowest BCUT2D eigenvalue weighted by Gasteiger charge is -2.01. The minimum absolute atomic E-state index is 0.00699. The molecule has 9 nitrogen and oxygen atoms in total. The van der Waals surface area contributed by atoms with E-state index in [-0.39, 0.29) is 41.9 Å². The van der Waals surface area contributed by atoms with Crippen molar-refractivity contribution in [1.82, 2.24) is 10.3 Å². The number of nitrogens with zero attached hydrogens (tertiary/aromatic N) is 2. The molecule has 26 heavy (non-hydrogen) atoms. The summed E-state index contributed by atoms with van der Waals surface area (Å²) in [6.07, 6.45) is 2.45. The van der Waals surface area contributed by atoms with Crippen LogP contribution in [0.4, 0.5) is 5.69 Å². The molecule has 1 aromatic heterocycles. The quantitative estimate of drug-likeness (QED) is 0.332. The summed E-state index contributed by atoms with van der Waals surface area (Å²) in [6, 6.07) is 5.46. The Morgan fingerprint density at radius 3 is 2.65 bits per heavy atom. The highest BCUT2D eigenvalue weighted by molar-refractivity contribution is 5.93. The minimum Gasteiger partial charge on any atom is -0.464 e. The van der Waals surface area contributed by atoms with Crippen molar-refractivity contribution < 1.29 is 23.7 Å². The summed E-state index contributed by atoms with van der Waals surface area (Å²) >= 11 is 0. The topological polar surface area (TPSA) is 125 Å². The number of methoxy groups -OCH3 is 1. The van der Waals surface area contributed by atoms with E-state index in [0.29, 0.717) is 12.0 Å². The average Bonchev–Trinajstić information content (AvgIpc) is 3.08. The van der Waals surface area contributed by atoms with Gasteiger partial charge in [0.25, 0.3) is 5.69 Å². The molecule has 0 spiro atoms. The van der Waals surface area contributed by atoms with E-state index < -0.39 is 10.9 Å². The number of carbonyl (C=O) groups excluding carboxylic acids is 2. The maximum atomic E-state index is 11.9. The molecule has 2 aromatic rings. The summed E-state index contributed by atoms with van der Waals surface area (Å²) in [5.74, 6) is -0.696. The van der Waals surface area contributed by atoms with Gasteiger partial charge in [0.15, 0.2) is 11.5 Å². The molecule has 0 unspecified atom stereocenters. The second-order valence-corrected chi connectivity index (χ2v) is 5.18. The van der Waals surface area contributed by atoms with E-state index in [1.54, 1.807) is 6.08 Å². The molecule has 0 atom stereocenters. The fraction of sp³-hybridized carbons (Fsp3) is 0.235. The number of hydrogen-bond donors (Lipinski definition) is 1. The predicted molar refractivity (Wildman–Crippen MR) is 91.2 cm³/mol. The van der Waals surface area contributed by atoms with Crippen LogP contribution in [0.3, 0.4) is 0 Å². The summed E-state index contributed by atoms with van der Waals surface area (Å²) in [5.41, 5.74) is 0.256. The van der Waals surface area contributed by atoms with Gasteiger partial charge in [-0.25, -0.2) is 9.78 Å². The smallest absolute Gasteiger partial charge is 0.360 e. The second kappa shape index (κ2) is 8.56. The number of benzene rings is 1. The molecule has 0 aliphatic carbocycles. The van der Waals surface area contributed by atoms with Crippen LogP contribution in [0.15, 0.2) is 41.3 Å². The summed E-state index contributed by atoms with van der Waals surface area (Å²) in [6.45, 7) is 3.53. The lowest BCUT2D eigenvalue weighted by atomic mass is 10.1. The van der Waals surface area contributed by atoms with Gasteiger partial charge in [-0.05, 0) is 18.6 Å². The summed E-state index contributed by atoms with van der Waals surface area (Å²) in [4.78, 5) is 37.8. The molecule has 1 aromatic carbocycles. The SMILES string of the molecule is C=CCCC(=O)NCc1nc(C(=O)OC)c(-c2ccc([N+](=O)[O-])cc2)o1. The van der Waals surface area contributed by atoms with Gasteiger partial charge >= 0.3 is 5.97 Å². The Kier molecular flexibility index (Phi) is 6.20. The number of nitrogens with one attached hydrogen (secondary N) is 1. The van der Waals surface area contributed by atoms with Gasteiger partial charge in [-0.2, -0.15) is 0 Å². The third-order valence-electron chi connectivity index (χ3n) is 3.40. The van der Waals surface area contributed by atoms with Crippen LogP contribution in [-0.2, 0) is 16.1 Å². The van der Waals surface area contributed by atoms with Gasteiger partial charge in [0, 0.05) is 24.1 Å².